The van der Waals surface area contributed by atoms with E-state index in [1.165, 1.54) is 6.92 Å². The number of aromatic carboxylic acids is 1. The lowest BCUT2D eigenvalue weighted by atomic mass is 9.99. The van der Waals surface area contributed by atoms with Crippen LogP contribution in [0.4, 0.5) is 0 Å². The lowest BCUT2D eigenvalue weighted by molar-refractivity contribution is -0.141. The molecule has 1 unspecified atom stereocenters. The second kappa shape index (κ2) is 14.6. The maximum Gasteiger partial charge on any atom is 0.336 e. The normalized spacial score (nSPS) is 11.6. The van der Waals surface area contributed by atoms with Crippen molar-refractivity contribution >= 4 is 23.8 Å². The molecule has 1 atom stereocenters. The Hall–Kier alpha value is -4.54. The fourth-order valence-corrected chi connectivity index (χ4v) is 4.24. The summed E-state index contributed by atoms with van der Waals surface area (Å²) in [4.78, 5) is 50.8. The molecule has 4 N–H and O–H groups in total. The molecule has 0 bridgehead atoms. The molecule has 0 saturated heterocycles. The van der Waals surface area contributed by atoms with E-state index in [0.717, 1.165) is 36.2 Å². The Morgan fingerprint density at radius 2 is 1.73 bits per heavy atom. The smallest absolute Gasteiger partial charge is 0.336 e. The third-order valence-corrected chi connectivity index (χ3v) is 6.31. The van der Waals surface area contributed by atoms with Crippen LogP contribution in [0, 0.1) is 0 Å². The second-order valence-electron chi connectivity index (χ2n) is 9.48. The van der Waals surface area contributed by atoms with Crippen LogP contribution in [-0.2, 0) is 33.8 Å². The second-order valence-corrected chi connectivity index (χ2v) is 9.48. The highest BCUT2D eigenvalue weighted by Crippen LogP contribution is 2.24. The number of nitrogens with zero attached hydrogens (tertiary/aromatic N) is 3. The predicted octanol–water partition coefficient (Wildman–Crippen LogP) is 3.06. The first-order valence-electron chi connectivity index (χ1n) is 13.3. The van der Waals surface area contributed by atoms with Gasteiger partial charge in [0.2, 0.25) is 11.8 Å². The number of hydrogen-bond donors (Lipinski definition) is 4. The molecule has 11 nitrogen and oxygen atoms in total. The molecular formula is C29H35N5O6. The lowest BCUT2D eigenvalue weighted by Gasteiger charge is -2.12. The number of carbonyl (C=O) groups excluding carboxylic acids is 2. The number of aliphatic carboxylic acids is 1. The summed E-state index contributed by atoms with van der Waals surface area (Å²) in [5, 5.41) is 28.4. The number of aryl methyl sites for hydroxylation is 1. The predicted molar refractivity (Wildman–Crippen MR) is 148 cm³/mol. The van der Waals surface area contributed by atoms with Gasteiger partial charge in [0, 0.05) is 32.7 Å². The summed E-state index contributed by atoms with van der Waals surface area (Å²) in [6, 6.07) is 13.5. The molecule has 0 radical (unpaired) electrons. The van der Waals surface area contributed by atoms with Crippen LogP contribution in [0.5, 0.6) is 0 Å². The van der Waals surface area contributed by atoms with Crippen molar-refractivity contribution in [3.63, 3.8) is 0 Å². The summed E-state index contributed by atoms with van der Waals surface area (Å²) in [6.45, 7) is 4.13. The number of unbranched alkanes of at least 4 members (excludes halogenated alkanes) is 1. The summed E-state index contributed by atoms with van der Waals surface area (Å²) in [5.74, 6) is -1.49. The Morgan fingerprint density at radius 1 is 1.00 bits per heavy atom. The van der Waals surface area contributed by atoms with Crippen LogP contribution in [-0.4, -0.2) is 61.3 Å². The number of carboxylic acid groups (broad SMARTS) is 2. The van der Waals surface area contributed by atoms with Crippen molar-refractivity contribution < 1.29 is 29.4 Å². The van der Waals surface area contributed by atoms with Gasteiger partial charge in [-0.2, -0.15) is 5.10 Å². The van der Waals surface area contributed by atoms with Crippen molar-refractivity contribution in [2.24, 2.45) is 0 Å². The highest BCUT2D eigenvalue weighted by atomic mass is 16.4. The van der Waals surface area contributed by atoms with Crippen LogP contribution in [0.1, 0.15) is 67.1 Å². The van der Waals surface area contributed by atoms with E-state index in [-0.39, 0.29) is 24.3 Å². The minimum Gasteiger partial charge on any atom is -0.480 e. The van der Waals surface area contributed by atoms with Gasteiger partial charge in [-0.25, -0.2) is 19.3 Å². The molecule has 0 aliphatic heterocycles. The third kappa shape index (κ3) is 8.75. The molecule has 11 heteroatoms. The van der Waals surface area contributed by atoms with Gasteiger partial charge in [0.25, 0.3) is 0 Å². The van der Waals surface area contributed by atoms with Crippen LogP contribution < -0.4 is 10.6 Å². The molecule has 0 fully saturated rings. The van der Waals surface area contributed by atoms with Gasteiger partial charge in [-0.05, 0) is 35.6 Å². The fraction of sp³-hybridized carbons (Fsp3) is 0.379. The molecule has 2 aromatic carbocycles. The van der Waals surface area contributed by atoms with Crippen molar-refractivity contribution in [2.45, 2.75) is 65.0 Å². The van der Waals surface area contributed by atoms with Gasteiger partial charge >= 0.3 is 11.9 Å². The van der Waals surface area contributed by atoms with Crippen molar-refractivity contribution in [1.29, 1.82) is 0 Å². The zero-order chi connectivity index (χ0) is 29.1. The Bertz CT molecular complexity index is 1330. The average molecular weight is 550 g/mol. The first kappa shape index (κ1) is 30.0. The van der Waals surface area contributed by atoms with Crippen LogP contribution in [0.25, 0.3) is 11.1 Å². The van der Waals surface area contributed by atoms with E-state index in [1.54, 1.807) is 18.2 Å². The number of carbonyl (C=O) groups is 4. The first-order valence-corrected chi connectivity index (χ1v) is 13.3. The molecule has 212 valence electrons. The minimum atomic E-state index is -1.18. The molecule has 0 aliphatic rings. The van der Waals surface area contributed by atoms with E-state index in [4.69, 9.17) is 5.11 Å². The summed E-state index contributed by atoms with van der Waals surface area (Å²) in [7, 11) is 0. The zero-order valence-electron chi connectivity index (χ0n) is 22.7. The van der Waals surface area contributed by atoms with E-state index in [0.29, 0.717) is 30.9 Å². The Labute approximate surface area is 232 Å². The third-order valence-electron chi connectivity index (χ3n) is 6.31. The highest BCUT2D eigenvalue weighted by molar-refractivity contribution is 5.96. The van der Waals surface area contributed by atoms with E-state index in [2.05, 4.69) is 27.6 Å². The van der Waals surface area contributed by atoms with Crippen molar-refractivity contribution in [1.82, 2.24) is 25.4 Å². The highest BCUT2D eigenvalue weighted by Gasteiger charge is 2.19. The van der Waals surface area contributed by atoms with Gasteiger partial charge < -0.3 is 20.8 Å². The molecular weight excluding hydrogens is 514 g/mol. The number of rotatable bonds is 15. The maximum atomic E-state index is 12.2. The van der Waals surface area contributed by atoms with Crippen LogP contribution in [0.15, 0.2) is 48.5 Å². The molecule has 3 rings (SSSR count). The quantitative estimate of drug-likeness (QED) is 0.225. The topological polar surface area (TPSA) is 164 Å². The largest absolute Gasteiger partial charge is 0.480 e. The Balaban J connectivity index is 1.61. The van der Waals surface area contributed by atoms with E-state index < -0.39 is 23.9 Å². The standard InChI is InChI=1S/C29H35N5O6/c1-3-4-9-26-32-25(16-17-30-27(36)15-14-24(29(39)40)31-19(2)35)33-34(26)18-20-10-12-21(13-11-20)22-7-5-6-8-23(22)28(37)38/h5-8,10-13,24H,3-4,9,14-18H2,1-2H3,(H,30,36)(H,31,35)(H,37,38)(H,39,40). The number of aromatic nitrogens is 3. The molecule has 1 heterocycles. The van der Waals surface area contributed by atoms with Crippen LogP contribution >= 0.6 is 0 Å². The van der Waals surface area contributed by atoms with Crippen LogP contribution in [0.2, 0.25) is 0 Å². The first-order chi connectivity index (χ1) is 19.2. The van der Waals surface area contributed by atoms with Crippen LogP contribution in [0.3, 0.4) is 0 Å². The van der Waals surface area contributed by atoms with Gasteiger partial charge in [-0.15, -0.1) is 0 Å². The zero-order valence-corrected chi connectivity index (χ0v) is 22.7. The maximum absolute atomic E-state index is 12.2. The van der Waals surface area contributed by atoms with E-state index in [9.17, 15) is 24.3 Å². The number of amides is 2. The average Bonchev–Trinajstić information content (AvgIpc) is 3.30. The number of hydrogen-bond acceptors (Lipinski definition) is 6. The molecule has 1 aromatic heterocycles. The van der Waals surface area contributed by atoms with E-state index >= 15 is 0 Å². The van der Waals surface area contributed by atoms with Crippen molar-refractivity contribution in [3.8, 4) is 11.1 Å². The molecule has 0 spiro atoms. The molecule has 0 saturated carbocycles. The Kier molecular flexibility index (Phi) is 10.9. The SMILES string of the molecule is CCCCc1nc(CCNC(=O)CCC(NC(C)=O)C(=O)O)nn1Cc1ccc(-c2ccccc2C(=O)O)cc1. The number of benzene rings is 2. The van der Waals surface area contributed by atoms with Gasteiger partial charge in [0.05, 0.1) is 12.1 Å². The Morgan fingerprint density at radius 3 is 2.38 bits per heavy atom. The summed E-state index contributed by atoms with van der Waals surface area (Å²) in [5.41, 5.74) is 2.71. The van der Waals surface area contributed by atoms with Gasteiger partial charge in [0.15, 0.2) is 5.82 Å². The molecule has 2 amide bonds. The monoisotopic (exact) mass is 549 g/mol. The fourth-order valence-electron chi connectivity index (χ4n) is 4.24. The van der Waals surface area contributed by atoms with Gasteiger partial charge in [-0.3, -0.25) is 9.59 Å². The summed E-state index contributed by atoms with van der Waals surface area (Å²) in [6.07, 6.45) is 3.10. The minimum absolute atomic E-state index is 0.00449. The van der Waals surface area contributed by atoms with E-state index in [1.807, 2.05) is 35.0 Å². The van der Waals surface area contributed by atoms with Gasteiger partial charge in [-0.1, -0.05) is 55.8 Å². The van der Waals surface area contributed by atoms with Crippen molar-refractivity contribution in [2.75, 3.05) is 6.54 Å². The van der Waals surface area contributed by atoms with Crippen molar-refractivity contribution in [3.05, 3.63) is 71.3 Å². The molecule has 0 aliphatic carbocycles. The number of nitrogens with one attached hydrogen (secondary N) is 2. The molecule has 3 aromatic rings. The van der Waals surface area contributed by atoms with Gasteiger partial charge in [0.1, 0.15) is 11.9 Å². The summed E-state index contributed by atoms with van der Waals surface area (Å²) < 4.78 is 1.86. The number of carboxylic acids is 2. The summed E-state index contributed by atoms with van der Waals surface area (Å²) >= 11 is 0. The lowest BCUT2D eigenvalue weighted by Crippen LogP contribution is -2.40. The molecule has 40 heavy (non-hydrogen) atoms.